The second-order valence-electron chi connectivity index (χ2n) is 3.44. The van der Waals surface area contributed by atoms with Gasteiger partial charge in [0, 0.05) is 9.78 Å². The van der Waals surface area contributed by atoms with Crippen LogP contribution in [-0.4, -0.2) is 19.0 Å². The fraction of sp³-hybridized carbons (Fsp3) is 0.200. The zero-order valence-electron chi connectivity index (χ0n) is 8.14. The summed E-state index contributed by atoms with van der Waals surface area (Å²) in [6.07, 6.45) is 2.90. The van der Waals surface area contributed by atoms with Gasteiger partial charge in [0.15, 0.2) is 0 Å². The first-order chi connectivity index (χ1) is 6.98. The first-order valence-electron chi connectivity index (χ1n) is 4.41. The van der Waals surface area contributed by atoms with E-state index in [9.17, 15) is 8.42 Å². The molecular weight excluding hydrogens is 325 g/mol. The van der Waals surface area contributed by atoms with E-state index in [1.165, 1.54) is 10.6 Å². The van der Waals surface area contributed by atoms with Gasteiger partial charge < -0.3 is 0 Å². The van der Waals surface area contributed by atoms with Crippen LogP contribution in [0.25, 0.3) is 3.58 Å². The molecule has 1 heterocycles. The standard InChI is InChI=1S/C10H10INO2S/c1-15(13,14)12-6-8-4-2-3-5-9(8)10(11)7-12/h2-5,7H,6H2,1H3. The third-order valence-corrected chi connectivity index (χ3v) is 4.23. The van der Waals surface area contributed by atoms with Crippen LogP contribution in [0.3, 0.4) is 0 Å². The minimum atomic E-state index is -3.15. The Balaban J connectivity index is 2.50. The molecule has 1 aromatic rings. The summed E-state index contributed by atoms with van der Waals surface area (Å²) < 4.78 is 25.2. The van der Waals surface area contributed by atoms with E-state index >= 15 is 0 Å². The van der Waals surface area contributed by atoms with Gasteiger partial charge in [-0.3, -0.25) is 4.31 Å². The molecule has 0 spiro atoms. The Morgan fingerprint density at radius 1 is 1.33 bits per heavy atom. The maximum atomic E-state index is 11.4. The average molecular weight is 335 g/mol. The van der Waals surface area contributed by atoms with E-state index in [1.807, 2.05) is 24.3 Å². The summed E-state index contributed by atoms with van der Waals surface area (Å²) in [5, 5.41) is 0. The van der Waals surface area contributed by atoms with Gasteiger partial charge in [-0.1, -0.05) is 24.3 Å². The van der Waals surface area contributed by atoms with Gasteiger partial charge in [-0.15, -0.1) is 0 Å². The lowest BCUT2D eigenvalue weighted by Crippen LogP contribution is -2.26. The molecular formula is C10H10INO2S. The molecule has 80 valence electrons. The second kappa shape index (κ2) is 3.79. The van der Waals surface area contributed by atoms with E-state index in [0.29, 0.717) is 6.54 Å². The SMILES string of the molecule is CS(=O)(=O)N1C=C(I)c2ccccc2C1. The van der Waals surface area contributed by atoms with E-state index < -0.39 is 10.0 Å². The van der Waals surface area contributed by atoms with Crippen molar-refractivity contribution >= 4 is 36.2 Å². The first kappa shape index (κ1) is 10.9. The van der Waals surface area contributed by atoms with Crippen molar-refractivity contribution in [2.75, 3.05) is 6.26 Å². The third-order valence-electron chi connectivity index (χ3n) is 2.28. The number of rotatable bonds is 1. The highest BCUT2D eigenvalue weighted by molar-refractivity contribution is 14.1. The van der Waals surface area contributed by atoms with E-state index in [0.717, 1.165) is 14.7 Å². The Morgan fingerprint density at radius 3 is 2.67 bits per heavy atom. The molecule has 0 fully saturated rings. The van der Waals surface area contributed by atoms with Gasteiger partial charge in [-0.25, -0.2) is 8.42 Å². The Hall–Kier alpha value is -0.560. The van der Waals surface area contributed by atoms with Gasteiger partial charge in [0.25, 0.3) is 0 Å². The van der Waals surface area contributed by atoms with Gasteiger partial charge in [-0.05, 0) is 33.7 Å². The molecule has 0 radical (unpaired) electrons. The molecule has 0 aliphatic carbocycles. The Kier molecular flexibility index (Phi) is 2.76. The van der Waals surface area contributed by atoms with Crippen LogP contribution in [0.4, 0.5) is 0 Å². The average Bonchev–Trinajstić information content (AvgIpc) is 2.16. The molecule has 0 atom stereocenters. The van der Waals surface area contributed by atoms with Crippen LogP contribution in [0.5, 0.6) is 0 Å². The van der Waals surface area contributed by atoms with Crippen molar-refractivity contribution in [1.82, 2.24) is 4.31 Å². The summed E-state index contributed by atoms with van der Waals surface area (Å²) in [5.41, 5.74) is 2.17. The number of hydrogen-bond donors (Lipinski definition) is 0. The molecule has 0 unspecified atom stereocenters. The van der Waals surface area contributed by atoms with Crippen molar-refractivity contribution in [1.29, 1.82) is 0 Å². The Labute approximate surface area is 103 Å². The normalized spacial score (nSPS) is 15.9. The lowest BCUT2D eigenvalue weighted by atomic mass is 10.1. The zero-order chi connectivity index (χ0) is 11.1. The molecule has 3 nitrogen and oxygen atoms in total. The molecule has 0 aromatic heterocycles. The highest BCUT2D eigenvalue weighted by atomic mass is 127. The summed E-state index contributed by atoms with van der Waals surface area (Å²) in [7, 11) is -3.15. The van der Waals surface area contributed by atoms with Crippen molar-refractivity contribution < 1.29 is 8.42 Å². The molecule has 1 aliphatic rings. The highest BCUT2D eigenvalue weighted by Gasteiger charge is 2.20. The van der Waals surface area contributed by atoms with Gasteiger partial charge >= 0.3 is 0 Å². The molecule has 15 heavy (non-hydrogen) atoms. The van der Waals surface area contributed by atoms with E-state index in [2.05, 4.69) is 22.6 Å². The van der Waals surface area contributed by atoms with Crippen molar-refractivity contribution in [3.63, 3.8) is 0 Å². The maximum absolute atomic E-state index is 11.4. The van der Waals surface area contributed by atoms with Crippen molar-refractivity contribution in [2.45, 2.75) is 6.54 Å². The largest absolute Gasteiger partial charge is 0.272 e. The van der Waals surface area contributed by atoms with Crippen LogP contribution in [0.1, 0.15) is 11.1 Å². The fourth-order valence-electron chi connectivity index (χ4n) is 1.51. The van der Waals surface area contributed by atoms with Crippen LogP contribution in [-0.2, 0) is 16.6 Å². The van der Waals surface area contributed by atoms with E-state index in [4.69, 9.17) is 0 Å². The van der Waals surface area contributed by atoms with Crippen molar-refractivity contribution in [2.24, 2.45) is 0 Å². The molecule has 1 aromatic carbocycles. The number of sulfonamides is 1. The number of nitrogens with zero attached hydrogens (tertiary/aromatic N) is 1. The van der Waals surface area contributed by atoms with Crippen LogP contribution in [0.15, 0.2) is 30.5 Å². The van der Waals surface area contributed by atoms with Crippen LogP contribution < -0.4 is 0 Å². The number of fused-ring (bicyclic) bond motifs is 1. The molecule has 1 aliphatic heterocycles. The van der Waals surface area contributed by atoms with Crippen LogP contribution in [0.2, 0.25) is 0 Å². The third kappa shape index (κ3) is 2.17. The zero-order valence-corrected chi connectivity index (χ0v) is 11.1. The van der Waals surface area contributed by atoms with Gasteiger partial charge in [0.1, 0.15) is 0 Å². The predicted octanol–water partition coefficient (Wildman–Crippen LogP) is 2.20. The Bertz CT molecular complexity index is 522. The summed E-state index contributed by atoms with van der Waals surface area (Å²) >= 11 is 2.16. The quantitative estimate of drug-likeness (QED) is 0.738. The molecule has 0 saturated heterocycles. The summed E-state index contributed by atoms with van der Waals surface area (Å²) in [4.78, 5) is 0. The van der Waals surface area contributed by atoms with Crippen LogP contribution in [0, 0.1) is 0 Å². The minimum Gasteiger partial charge on any atom is -0.272 e. The summed E-state index contributed by atoms with van der Waals surface area (Å²) in [6.45, 7) is 0.432. The smallest absolute Gasteiger partial charge is 0.232 e. The van der Waals surface area contributed by atoms with Gasteiger partial charge in [-0.2, -0.15) is 0 Å². The Morgan fingerprint density at radius 2 is 2.00 bits per heavy atom. The fourth-order valence-corrected chi connectivity index (χ4v) is 3.24. The molecule has 0 amide bonds. The summed E-state index contributed by atoms with van der Waals surface area (Å²) in [5.74, 6) is 0. The number of halogens is 1. The van der Waals surface area contributed by atoms with Crippen molar-refractivity contribution in [3.8, 4) is 0 Å². The molecule has 0 saturated carbocycles. The predicted molar refractivity (Wildman–Crippen MR) is 68.8 cm³/mol. The van der Waals surface area contributed by atoms with Crippen LogP contribution >= 0.6 is 22.6 Å². The lowest BCUT2D eigenvalue weighted by Gasteiger charge is -2.24. The van der Waals surface area contributed by atoms with E-state index in [-0.39, 0.29) is 0 Å². The topological polar surface area (TPSA) is 37.4 Å². The highest BCUT2D eigenvalue weighted by Crippen LogP contribution is 2.31. The molecule has 0 bridgehead atoms. The molecule has 2 rings (SSSR count). The number of hydrogen-bond acceptors (Lipinski definition) is 2. The first-order valence-corrected chi connectivity index (χ1v) is 7.33. The van der Waals surface area contributed by atoms with Crippen molar-refractivity contribution in [3.05, 3.63) is 41.6 Å². The monoisotopic (exact) mass is 335 g/mol. The molecule has 0 N–H and O–H groups in total. The minimum absolute atomic E-state index is 0.432. The van der Waals surface area contributed by atoms with Gasteiger partial charge in [0.05, 0.1) is 12.8 Å². The number of benzene rings is 1. The second-order valence-corrected chi connectivity index (χ2v) is 6.54. The van der Waals surface area contributed by atoms with Gasteiger partial charge in [0.2, 0.25) is 10.0 Å². The lowest BCUT2D eigenvalue weighted by molar-refractivity contribution is 0.499. The molecule has 5 heteroatoms. The summed E-state index contributed by atoms with van der Waals surface area (Å²) in [6, 6.07) is 7.85. The maximum Gasteiger partial charge on any atom is 0.232 e. The van der Waals surface area contributed by atoms with E-state index in [1.54, 1.807) is 6.20 Å².